The van der Waals surface area contributed by atoms with Crippen LogP contribution in [0.2, 0.25) is 5.02 Å². The molecule has 1 unspecified atom stereocenters. The van der Waals surface area contributed by atoms with E-state index in [9.17, 15) is 5.11 Å². The third-order valence-electron chi connectivity index (χ3n) is 1.75. The van der Waals surface area contributed by atoms with E-state index in [1.165, 1.54) is 6.20 Å². The van der Waals surface area contributed by atoms with Crippen LogP contribution < -0.4 is 5.73 Å². The van der Waals surface area contributed by atoms with Gasteiger partial charge >= 0.3 is 0 Å². The molecule has 0 aliphatic carbocycles. The smallest absolute Gasteiger partial charge is 0.101 e. The van der Waals surface area contributed by atoms with Crippen LogP contribution in [0.1, 0.15) is 12.5 Å². The summed E-state index contributed by atoms with van der Waals surface area (Å²) in [5, 5.41) is 10.2. The van der Waals surface area contributed by atoms with Crippen molar-refractivity contribution in [2.45, 2.75) is 12.5 Å². The molecule has 0 aromatic carbocycles. The molecule has 0 bridgehead atoms. The molecule has 0 amide bonds. The molecule has 3 nitrogen and oxygen atoms in total. The fraction of sp³-hybridized carbons (Fsp3) is 0.375. The summed E-state index contributed by atoms with van der Waals surface area (Å²) in [7, 11) is 0. The average molecular weight is 187 g/mol. The molecule has 0 aliphatic heterocycles. The van der Waals surface area contributed by atoms with E-state index in [0.29, 0.717) is 10.6 Å². The van der Waals surface area contributed by atoms with Gasteiger partial charge in [0.25, 0.3) is 0 Å². The summed E-state index contributed by atoms with van der Waals surface area (Å²) >= 11 is 5.81. The van der Waals surface area contributed by atoms with E-state index >= 15 is 0 Å². The van der Waals surface area contributed by atoms with Crippen molar-refractivity contribution in [2.24, 2.45) is 5.73 Å². The Morgan fingerprint density at radius 1 is 1.75 bits per heavy atom. The van der Waals surface area contributed by atoms with Gasteiger partial charge in [-0.25, -0.2) is 0 Å². The molecule has 0 fully saturated rings. The van der Waals surface area contributed by atoms with E-state index in [1.54, 1.807) is 19.2 Å². The van der Waals surface area contributed by atoms with Gasteiger partial charge in [0.1, 0.15) is 5.60 Å². The first-order chi connectivity index (χ1) is 5.58. The van der Waals surface area contributed by atoms with Crippen LogP contribution in [0.5, 0.6) is 0 Å². The summed E-state index contributed by atoms with van der Waals surface area (Å²) in [6, 6.07) is 1.66. The predicted molar refractivity (Wildman–Crippen MR) is 47.9 cm³/mol. The zero-order valence-electron chi connectivity index (χ0n) is 6.79. The van der Waals surface area contributed by atoms with Crippen LogP contribution in [0.3, 0.4) is 0 Å². The monoisotopic (exact) mass is 186 g/mol. The highest BCUT2D eigenvalue weighted by atomic mass is 35.5. The lowest BCUT2D eigenvalue weighted by Crippen LogP contribution is -2.31. The van der Waals surface area contributed by atoms with Crippen LogP contribution in [0.25, 0.3) is 0 Å². The summed E-state index contributed by atoms with van der Waals surface area (Å²) in [6.45, 7) is 1.75. The van der Waals surface area contributed by atoms with Gasteiger partial charge in [0.05, 0.1) is 5.02 Å². The van der Waals surface area contributed by atoms with Gasteiger partial charge in [0.2, 0.25) is 0 Å². The third-order valence-corrected chi connectivity index (χ3v) is 2.05. The Bertz CT molecular complexity index is 276. The number of aromatic nitrogens is 1. The number of rotatable bonds is 2. The van der Waals surface area contributed by atoms with Gasteiger partial charge < -0.3 is 10.8 Å². The van der Waals surface area contributed by atoms with Crippen LogP contribution in [0.4, 0.5) is 0 Å². The zero-order chi connectivity index (χ0) is 9.19. The van der Waals surface area contributed by atoms with Crippen molar-refractivity contribution in [2.75, 3.05) is 6.54 Å². The highest BCUT2D eigenvalue weighted by Crippen LogP contribution is 2.25. The summed E-state index contributed by atoms with van der Waals surface area (Å²) in [5.74, 6) is 0. The Kier molecular flexibility index (Phi) is 2.67. The maximum Gasteiger partial charge on any atom is 0.101 e. The van der Waals surface area contributed by atoms with E-state index in [2.05, 4.69) is 4.98 Å². The standard InChI is InChI=1S/C8H11ClN2O/c1-8(12,5-10)6-2-3-11-4-7(6)9/h2-4,12H,5,10H2,1H3. The fourth-order valence-corrected chi connectivity index (χ4v) is 1.24. The number of pyridine rings is 1. The molecule has 4 heteroatoms. The summed E-state index contributed by atoms with van der Waals surface area (Å²) < 4.78 is 0. The lowest BCUT2D eigenvalue weighted by molar-refractivity contribution is 0.0668. The lowest BCUT2D eigenvalue weighted by Gasteiger charge is -2.22. The van der Waals surface area contributed by atoms with E-state index in [4.69, 9.17) is 17.3 Å². The lowest BCUT2D eigenvalue weighted by atomic mass is 9.98. The van der Waals surface area contributed by atoms with Crippen LogP contribution in [0, 0.1) is 0 Å². The van der Waals surface area contributed by atoms with E-state index in [-0.39, 0.29) is 6.54 Å². The molecule has 3 N–H and O–H groups in total. The van der Waals surface area contributed by atoms with Crippen LogP contribution in [-0.4, -0.2) is 16.6 Å². The number of hydrogen-bond acceptors (Lipinski definition) is 3. The van der Waals surface area contributed by atoms with E-state index in [1.807, 2.05) is 0 Å². The Labute approximate surface area is 76.2 Å². The van der Waals surface area contributed by atoms with Crippen molar-refractivity contribution in [3.63, 3.8) is 0 Å². The van der Waals surface area contributed by atoms with Gasteiger partial charge in [-0.15, -0.1) is 0 Å². The van der Waals surface area contributed by atoms with Crippen LogP contribution in [-0.2, 0) is 5.60 Å². The van der Waals surface area contributed by atoms with Crippen molar-refractivity contribution in [3.8, 4) is 0 Å². The summed E-state index contributed by atoms with van der Waals surface area (Å²) in [5.41, 5.74) is 4.92. The number of nitrogens with two attached hydrogens (primary N) is 1. The molecule has 1 aromatic rings. The minimum atomic E-state index is -1.07. The second-order valence-electron chi connectivity index (χ2n) is 2.83. The first kappa shape index (κ1) is 9.45. The Hall–Kier alpha value is -0.640. The van der Waals surface area contributed by atoms with Crippen LogP contribution >= 0.6 is 11.6 Å². The molecule has 1 aromatic heterocycles. The molecular formula is C8H11ClN2O. The largest absolute Gasteiger partial charge is 0.384 e. The van der Waals surface area contributed by atoms with Crippen molar-refractivity contribution in [3.05, 3.63) is 29.0 Å². The number of aliphatic hydroxyl groups is 1. The minimum Gasteiger partial charge on any atom is -0.384 e. The first-order valence-electron chi connectivity index (χ1n) is 3.60. The maximum atomic E-state index is 9.74. The predicted octanol–water partition coefficient (Wildman–Crippen LogP) is 0.901. The van der Waals surface area contributed by atoms with Gasteiger partial charge in [-0.3, -0.25) is 4.98 Å². The topological polar surface area (TPSA) is 59.1 Å². The first-order valence-corrected chi connectivity index (χ1v) is 3.98. The second-order valence-corrected chi connectivity index (χ2v) is 3.24. The highest BCUT2D eigenvalue weighted by Gasteiger charge is 2.23. The number of nitrogens with zero attached hydrogens (tertiary/aromatic N) is 1. The highest BCUT2D eigenvalue weighted by molar-refractivity contribution is 6.31. The minimum absolute atomic E-state index is 0.136. The molecule has 1 heterocycles. The van der Waals surface area contributed by atoms with Gasteiger partial charge in [0.15, 0.2) is 0 Å². The fourth-order valence-electron chi connectivity index (χ4n) is 0.922. The SMILES string of the molecule is CC(O)(CN)c1ccncc1Cl. The molecule has 0 aliphatic rings. The zero-order valence-corrected chi connectivity index (χ0v) is 7.54. The van der Waals surface area contributed by atoms with Gasteiger partial charge in [-0.05, 0) is 13.0 Å². The number of hydrogen-bond donors (Lipinski definition) is 2. The quantitative estimate of drug-likeness (QED) is 0.722. The number of halogens is 1. The molecular weight excluding hydrogens is 176 g/mol. The summed E-state index contributed by atoms with van der Waals surface area (Å²) in [6.07, 6.45) is 3.06. The molecule has 0 spiro atoms. The molecule has 0 saturated carbocycles. The average Bonchev–Trinajstić information content (AvgIpc) is 2.05. The van der Waals surface area contributed by atoms with Crippen molar-refractivity contribution >= 4 is 11.6 Å². The van der Waals surface area contributed by atoms with Crippen molar-refractivity contribution in [1.82, 2.24) is 4.98 Å². The van der Waals surface area contributed by atoms with Crippen molar-refractivity contribution in [1.29, 1.82) is 0 Å². The molecule has 66 valence electrons. The van der Waals surface area contributed by atoms with Crippen LogP contribution in [0.15, 0.2) is 18.5 Å². The maximum absolute atomic E-state index is 9.74. The van der Waals surface area contributed by atoms with E-state index in [0.717, 1.165) is 0 Å². The van der Waals surface area contributed by atoms with Gasteiger partial charge in [-0.1, -0.05) is 11.6 Å². The van der Waals surface area contributed by atoms with E-state index < -0.39 is 5.60 Å². The third kappa shape index (κ3) is 1.75. The molecule has 0 radical (unpaired) electrons. The molecule has 0 saturated heterocycles. The van der Waals surface area contributed by atoms with Crippen molar-refractivity contribution < 1.29 is 5.11 Å². The Morgan fingerprint density at radius 2 is 2.42 bits per heavy atom. The molecule has 1 rings (SSSR count). The molecule has 12 heavy (non-hydrogen) atoms. The Morgan fingerprint density at radius 3 is 2.92 bits per heavy atom. The summed E-state index contributed by atoms with van der Waals surface area (Å²) in [4.78, 5) is 3.81. The Balaban J connectivity index is 3.10. The molecule has 1 atom stereocenters. The second kappa shape index (κ2) is 3.39. The normalized spacial score (nSPS) is 15.7. The van der Waals surface area contributed by atoms with Gasteiger partial charge in [-0.2, -0.15) is 0 Å². The van der Waals surface area contributed by atoms with Gasteiger partial charge in [0, 0.05) is 24.5 Å².